The molecule has 3 aromatic carbocycles. The van der Waals surface area contributed by atoms with Crippen LogP contribution in [0.2, 0.25) is 5.02 Å². The summed E-state index contributed by atoms with van der Waals surface area (Å²) in [6.07, 6.45) is 2.22. The largest absolute Gasteiger partial charge is 0.370 e. The first-order valence-corrected chi connectivity index (χ1v) is 10.5. The molecule has 3 aromatic rings. The van der Waals surface area contributed by atoms with Gasteiger partial charge in [-0.25, -0.2) is 8.42 Å². The zero-order valence-corrected chi connectivity index (χ0v) is 15.7. The monoisotopic (exact) mass is 386 g/mol. The molecule has 0 unspecified atom stereocenters. The highest BCUT2D eigenvalue weighted by atomic mass is 35.5. The minimum Gasteiger partial charge on any atom is -0.370 e. The fraction of sp³-hybridized carbons (Fsp3) is 0.200. The average Bonchev–Trinajstić information content (AvgIpc) is 3.15. The molecule has 134 valence electrons. The van der Waals surface area contributed by atoms with E-state index < -0.39 is 10.0 Å². The molecule has 0 aromatic heterocycles. The molecule has 1 saturated heterocycles. The second-order valence-corrected chi connectivity index (χ2v) is 8.59. The van der Waals surface area contributed by atoms with Crippen molar-refractivity contribution < 1.29 is 8.42 Å². The third-order valence-electron chi connectivity index (χ3n) is 4.68. The molecule has 0 amide bonds. The molecule has 1 N–H and O–H groups in total. The first-order valence-electron chi connectivity index (χ1n) is 8.59. The molecule has 0 radical (unpaired) electrons. The van der Waals surface area contributed by atoms with Crippen LogP contribution in [0, 0.1) is 0 Å². The first-order chi connectivity index (χ1) is 12.5. The lowest BCUT2D eigenvalue weighted by atomic mass is 10.1. The number of fused-ring (bicyclic) bond motifs is 1. The highest BCUT2D eigenvalue weighted by Gasteiger charge is 2.21. The zero-order chi connectivity index (χ0) is 18.1. The number of nitrogens with one attached hydrogen (secondary N) is 1. The van der Waals surface area contributed by atoms with E-state index in [2.05, 4.69) is 9.62 Å². The molecule has 0 spiro atoms. The van der Waals surface area contributed by atoms with Gasteiger partial charge in [-0.3, -0.25) is 4.72 Å². The summed E-state index contributed by atoms with van der Waals surface area (Å²) in [5.74, 6) is 0. The maximum absolute atomic E-state index is 13.0. The summed E-state index contributed by atoms with van der Waals surface area (Å²) in [6, 6.07) is 18.2. The van der Waals surface area contributed by atoms with Crippen molar-refractivity contribution in [2.45, 2.75) is 17.7 Å². The van der Waals surface area contributed by atoms with E-state index in [9.17, 15) is 8.42 Å². The molecule has 1 heterocycles. The summed E-state index contributed by atoms with van der Waals surface area (Å²) in [5.41, 5.74) is 1.39. The minimum atomic E-state index is -3.71. The number of sulfonamides is 1. The predicted molar refractivity (Wildman–Crippen MR) is 108 cm³/mol. The molecule has 1 fully saturated rings. The zero-order valence-electron chi connectivity index (χ0n) is 14.2. The summed E-state index contributed by atoms with van der Waals surface area (Å²) >= 11 is 6.12. The number of hydrogen-bond donors (Lipinski definition) is 1. The van der Waals surface area contributed by atoms with Crippen LogP contribution in [0.25, 0.3) is 10.8 Å². The quantitative estimate of drug-likeness (QED) is 0.694. The molecule has 1 aliphatic heterocycles. The Bertz CT molecular complexity index is 1060. The van der Waals surface area contributed by atoms with Crippen LogP contribution in [0.3, 0.4) is 0 Å². The van der Waals surface area contributed by atoms with Crippen molar-refractivity contribution in [3.8, 4) is 0 Å². The van der Waals surface area contributed by atoms with Gasteiger partial charge in [-0.1, -0.05) is 41.9 Å². The highest BCUT2D eigenvalue weighted by Crippen LogP contribution is 2.33. The van der Waals surface area contributed by atoms with Gasteiger partial charge in [-0.15, -0.1) is 0 Å². The highest BCUT2D eigenvalue weighted by molar-refractivity contribution is 7.92. The Kier molecular flexibility index (Phi) is 4.51. The van der Waals surface area contributed by atoms with Gasteiger partial charge in [0.25, 0.3) is 10.0 Å². The van der Waals surface area contributed by atoms with E-state index in [-0.39, 0.29) is 4.90 Å². The van der Waals surface area contributed by atoms with Crippen molar-refractivity contribution in [1.82, 2.24) is 0 Å². The molecule has 4 nitrogen and oxygen atoms in total. The summed E-state index contributed by atoms with van der Waals surface area (Å²) in [6.45, 7) is 1.85. The maximum Gasteiger partial charge on any atom is 0.261 e. The van der Waals surface area contributed by atoms with Crippen LogP contribution in [0.5, 0.6) is 0 Å². The Balaban J connectivity index is 1.72. The lowest BCUT2D eigenvalue weighted by Gasteiger charge is -2.22. The standard InChI is InChI=1S/C20H19ClN2O2S/c21-17-8-10-20(23-11-3-4-12-23)19(14-17)22-26(24,25)18-9-7-15-5-1-2-6-16(15)13-18/h1-2,5-10,13-14,22H,3-4,11-12H2. The van der Waals surface area contributed by atoms with E-state index in [1.54, 1.807) is 24.3 Å². The van der Waals surface area contributed by atoms with Crippen molar-refractivity contribution in [3.63, 3.8) is 0 Å². The molecular formula is C20H19ClN2O2S. The summed E-state index contributed by atoms with van der Waals surface area (Å²) in [7, 11) is -3.71. The number of benzene rings is 3. The number of halogens is 1. The van der Waals surface area contributed by atoms with Gasteiger partial charge in [0.05, 0.1) is 16.3 Å². The van der Waals surface area contributed by atoms with Crippen molar-refractivity contribution in [2.75, 3.05) is 22.7 Å². The van der Waals surface area contributed by atoms with Crippen molar-refractivity contribution in [1.29, 1.82) is 0 Å². The lowest BCUT2D eigenvalue weighted by Crippen LogP contribution is -2.21. The van der Waals surface area contributed by atoms with Gasteiger partial charge in [0, 0.05) is 18.1 Å². The molecule has 0 aliphatic carbocycles. The second-order valence-electron chi connectivity index (χ2n) is 6.47. The number of hydrogen-bond acceptors (Lipinski definition) is 3. The Morgan fingerprint density at radius 3 is 2.38 bits per heavy atom. The van der Waals surface area contributed by atoms with E-state index >= 15 is 0 Å². The van der Waals surface area contributed by atoms with Gasteiger partial charge in [0.15, 0.2) is 0 Å². The third kappa shape index (κ3) is 3.37. The van der Waals surface area contributed by atoms with Gasteiger partial charge < -0.3 is 4.90 Å². The van der Waals surface area contributed by atoms with E-state index in [1.807, 2.05) is 36.4 Å². The van der Waals surface area contributed by atoms with Crippen LogP contribution in [0.15, 0.2) is 65.6 Å². The Morgan fingerprint density at radius 2 is 1.62 bits per heavy atom. The Labute approximate surface area is 158 Å². The fourth-order valence-corrected chi connectivity index (χ4v) is 4.63. The normalized spacial score (nSPS) is 14.7. The van der Waals surface area contributed by atoms with Crippen molar-refractivity contribution in [2.24, 2.45) is 0 Å². The smallest absolute Gasteiger partial charge is 0.261 e. The van der Waals surface area contributed by atoms with Crippen LogP contribution in [-0.2, 0) is 10.0 Å². The van der Waals surface area contributed by atoms with Crippen LogP contribution < -0.4 is 9.62 Å². The first kappa shape index (κ1) is 17.2. The fourth-order valence-electron chi connectivity index (χ4n) is 3.36. The Hall–Kier alpha value is -2.24. The topological polar surface area (TPSA) is 49.4 Å². The molecular weight excluding hydrogens is 368 g/mol. The van der Waals surface area contributed by atoms with E-state index in [0.29, 0.717) is 10.7 Å². The van der Waals surface area contributed by atoms with Gasteiger partial charge >= 0.3 is 0 Å². The van der Waals surface area contributed by atoms with Crippen LogP contribution in [0.4, 0.5) is 11.4 Å². The van der Waals surface area contributed by atoms with Crippen LogP contribution in [-0.4, -0.2) is 21.5 Å². The average molecular weight is 387 g/mol. The second kappa shape index (κ2) is 6.82. The van der Waals surface area contributed by atoms with Crippen LogP contribution in [0.1, 0.15) is 12.8 Å². The SMILES string of the molecule is O=S(=O)(Nc1cc(Cl)ccc1N1CCCC1)c1ccc2ccccc2c1. The molecule has 4 rings (SSSR count). The molecule has 0 saturated carbocycles. The predicted octanol–water partition coefficient (Wildman–Crippen LogP) is 4.89. The molecule has 0 atom stereocenters. The van der Waals surface area contributed by atoms with Crippen molar-refractivity contribution in [3.05, 3.63) is 65.7 Å². The van der Waals surface area contributed by atoms with E-state index in [0.717, 1.165) is 42.4 Å². The number of rotatable bonds is 4. The summed E-state index contributed by atoms with van der Waals surface area (Å²) < 4.78 is 28.6. The summed E-state index contributed by atoms with van der Waals surface area (Å²) in [5, 5.41) is 2.40. The van der Waals surface area contributed by atoms with Gasteiger partial charge in [-0.2, -0.15) is 0 Å². The maximum atomic E-state index is 13.0. The third-order valence-corrected chi connectivity index (χ3v) is 6.28. The number of nitrogens with zero attached hydrogens (tertiary/aromatic N) is 1. The molecule has 26 heavy (non-hydrogen) atoms. The van der Waals surface area contributed by atoms with Crippen LogP contribution >= 0.6 is 11.6 Å². The lowest BCUT2D eigenvalue weighted by molar-refractivity contribution is 0.601. The molecule has 6 heteroatoms. The summed E-state index contributed by atoms with van der Waals surface area (Å²) in [4.78, 5) is 2.43. The Morgan fingerprint density at radius 1 is 0.885 bits per heavy atom. The minimum absolute atomic E-state index is 0.239. The van der Waals surface area contributed by atoms with Crippen molar-refractivity contribution >= 4 is 43.8 Å². The van der Waals surface area contributed by atoms with E-state index in [1.165, 1.54) is 0 Å². The van der Waals surface area contributed by atoms with E-state index in [4.69, 9.17) is 11.6 Å². The van der Waals surface area contributed by atoms with Gasteiger partial charge in [0.2, 0.25) is 0 Å². The molecule has 1 aliphatic rings. The van der Waals surface area contributed by atoms with Gasteiger partial charge in [0.1, 0.15) is 0 Å². The number of anilines is 2. The van der Waals surface area contributed by atoms with Gasteiger partial charge in [-0.05, 0) is 53.9 Å². The molecule has 0 bridgehead atoms.